The lowest BCUT2D eigenvalue weighted by Gasteiger charge is -2.45. The summed E-state index contributed by atoms with van der Waals surface area (Å²) in [6.45, 7) is 4.82. The zero-order valence-corrected chi connectivity index (χ0v) is 13.3. The molecule has 120 valence electrons. The number of aliphatic carboxylic acids is 1. The maximum absolute atomic E-state index is 13.0. The van der Waals surface area contributed by atoms with Crippen LogP contribution in [0.25, 0.3) is 0 Å². The van der Waals surface area contributed by atoms with E-state index in [-0.39, 0.29) is 29.9 Å². The summed E-state index contributed by atoms with van der Waals surface area (Å²) in [6.07, 6.45) is 4.50. The molecular weight excluding hydrogens is 270 g/mol. The van der Waals surface area contributed by atoms with Gasteiger partial charge in [0.1, 0.15) is 0 Å². The lowest BCUT2D eigenvalue weighted by Crippen LogP contribution is -2.50. The highest BCUT2D eigenvalue weighted by Gasteiger charge is 2.49. The van der Waals surface area contributed by atoms with Gasteiger partial charge in [-0.25, -0.2) is 0 Å². The zero-order valence-electron chi connectivity index (χ0n) is 13.3. The highest BCUT2D eigenvalue weighted by Crippen LogP contribution is 2.48. The fourth-order valence-corrected chi connectivity index (χ4v) is 3.88. The highest BCUT2D eigenvalue weighted by atomic mass is 16.5. The minimum Gasteiger partial charge on any atom is -0.481 e. The van der Waals surface area contributed by atoms with E-state index in [1.165, 1.54) is 0 Å². The second-order valence-corrected chi connectivity index (χ2v) is 7.03. The van der Waals surface area contributed by atoms with Crippen LogP contribution in [0.4, 0.5) is 0 Å². The first-order chi connectivity index (χ1) is 9.88. The minimum atomic E-state index is -0.846. The summed E-state index contributed by atoms with van der Waals surface area (Å²) in [7, 11) is 1.63. The van der Waals surface area contributed by atoms with E-state index in [4.69, 9.17) is 9.84 Å². The molecule has 2 unspecified atom stereocenters. The molecule has 1 amide bonds. The van der Waals surface area contributed by atoms with Gasteiger partial charge in [-0.3, -0.25) is 9.59 Å². The second kappa shape index (κ2) is 6.34. The van der Waals surface area contributed by atoms with Crippen LogP contribution in [-0.4, -0.2) is 47.7 Å². The minimum absolute atomic E-state index is 0.0172. The standard InChI is InChI=1S/C16H27NO4/c1-11(2)9-16(5-4-6-16)15(20)17-10-13(21-3)7-12(17)8-14(18)19/h11-13H,4-10H2,1-3H3,(H,18,19). The van der Waals surface area contributed by atoms with Gasteiger partial charge in [-0.05, 0) is 31.6 Å². The first kappa shape index (κ1) is 16.3. The van der Waals surface area contributed by atoms with Gasteiger partial charge in [-0.2, -0.15) is 0 Å². The van der Waals surface area contributed by atoms with Crippen molar-refractivity contribution in [3.63, 3.8) is 0 Å². The van der Waals surface area contributed by atoms with Crippen LogP contribution in [0.3, 0.4) is 0 Å². The van der Waals surface area contributed by atoms with Crippen LogP contribution in [0.2, 0.25) is 0 Å². The van der Waals surface area contributed by atoms with Crippen LogP contribution < -0.4 is 0 Å². The molecule has 1 saturated carbocycles. The highest BCUT2D eigenvalue weighted by molar-refractivity contribution is 5.85. The molecule has 0 aromatic carbocycles. The number of carboxylic acid groups (broad SMARTS) is 1. The van der Waals surface area contributed by atoms with Gasteiger partial charge in [-0.1, -0.05) is 20.3 Å². The van der Waals surface area contributed by atoms with Gasteiger partial charge < -0.3 is 14.7 Å². The molecule has 1 aliphatic heterocycles. The number of likely N-dealkylation sites (tertiary alicyclic amines) is 1. The third-order valence-corrected chi connectivity index (χ3v) is 4.94. The first-order valence-corrected chi connectivity index (χ1v) is 7.93. The van der Waals surface area contributed by atoms with Crippen LogP contribution in [0.15, 0.2) is 0 Å². The summed E-state index contributed by atoms with van der Waals surface area (Å²) in [5.41, 5.74) is -0.243. The molecule has 0 aromatic heterocycles. The molecule has 0 bridgehead atoms. The predicted molar refractivity (Wildman–Crippen MR) is 78.9 cm³/mol. The topological polar surface area (TPSA) is 66.8 Å². The summed E-state index contributed by atoms with van der Waals surface area (Å²) in [6, 6.07) is -0.218. The van der Waals surface area contributed by atoms with Crippen molar-refractivity contribution in [3.8, 4) is 0 Å². The normalized spacial score (nSPS) is 27.7. The molecule has 0 radical (unpaired) electrons. The monoisotopic (exact) mass is 297 g/mol. The molecule has 0 spiro atoms. The molecule has 2 aliphatic rings. The number of hydrogen-bond donors (Lipinski definition) is 1. The molecule has 1 aliphatic carbocycles. The van der Waals surface area contributed by atoms with Crippen LogP contribution >= 0.6 is 0 Å². The van der Waals surface area contributed by atoms with Crippen molar-refractivity contribution < 1.29 is 19.4 Å². The number of nitrogens with zero attached hydrogens (tertiary/aromatic N) is 1. The van der Waals surface area contributed by atoms with E-state index >= 15 is 0 Å². The SMILES string of the molecule is COC1CC(CC(=O)O)N(C(=O)C2(CC(C)C)CCC2)C1. The van der Waals surface area contributed by atoms with E-state index < -0.39 is 5.97 Å². The van der Waals surface area contributed by atoms with E-state index in [0.717, 1.165) is 25.7 Å². The number of ether oxygens (including phenoxy) is 1. The Kier molecular flexibility index (Phi) is 4.91. The Balaban J connectivity index is 2.12. The van der Waals surface area contributed by atoms with Crippen molar-refractivity contribution in [3.05, 3.63) is 0 Å². The van der Waals surface area contributed by atoms with Crippen molar-refractivity contribution in [2.24, 2.45) is 11.3 Å². The number of carboxylic acids is 1. The third kappa shape index (κ3) is 3.39. The average molecular weight is 297 g/mol. The lowest BCUT2D eigenvalue weighted by atomic mass is 9.63. The molecular formula is C16H27NO4. The Morgan fingerprint density at radius 3 is 2.48 bits per heavy atom. The lowest BCUT2D eigenvalue weighted by molar-refractivity contribution is -0.151. The smallest absolute Gasteiger partial charge is 0.305 e. The van der Waals surface area contributed by atoms with E-state index in [2.05, 4.69) is 13.8 Å². The largest absolute Gasteiger partial charge is 0.481 e. The van der Waals surface area contributed by atoms with Crippen molar-refractivity contribution in [1.29, 1.82) is 0 Å². The summed E-state index contributed by atoms with van der Waals surface area (Å²) in [5.74, 6) is -0.206. The van der Waals surface area contributed by atoms with Gasteiger partial charge in [0.05, 0.1) is 12.5 Å². The summed E-state index contributed by atoms with van der Waals surface area (Å²) in [4.78, 5) is 25.9. The number of carbonyl (C=O) groups excluding carboxylic acids is 1. The maximum Gasteiger partial charge on any atom is 0.305 e. The number of amides is 1. The van der Waals surface area contributed by atoms with Gasteiger partial charge in [0.15, 0.2) is 0 Å². The molecule has 1 N–H and O–H groups in total. The Labute approximate surface area is 126 Å². The molecule has 0 aromatic rings. The van der Waals surface area contributed by atoms with Gasteiger partial charge in [-0.15, -0.1) is 0 Å². The Hall–Kier alpha value is -1.10. The van der Waals surface area contributed by atoms with Crippen LogP contribution in [0.5, 0.6) is 0 Å². The van der Waals surface area contributed by atoms with Gasteiger partial charge in [0.2, 0.25) is 5.91 Å². The molecule has 2 rings (SSSR count). The van der Waals surface area contributed by atoms with Gasteiger partial charge in [0.25, 0.3) is 0 Å². The van der Waals surface area contributed by atoms with Crippen LogP contribution in [0, 0.1) is 11.3 Å². The molecule has 2 fully saturated rings. The summed E-state index contributed by atoms with van der Waals surface area (Å²) >= 11 is 0. The van der Waals surface area contributed by atoms with E-state index in [0.29, 0.717) is 18.9 Å². The average Bonchev–Trinajstić information content (AvgIpc) is 2.75. The number of rotatable bonds is 6. The first-order valence-electron chi connectivity index (χ1n) is 7.93. The Morgan fingerprint density at radius 2 is 2.05 bits per heavy atom. The van der Waals surface area contributed by atoms with Crippen molar-refractivity contribution in [2.75, 3.05) is 13.7 Å². The number of carbonyl (C=O) groups is 2. The van der Waals surface area contributed by atoms with Crippen molar-refractivity contribution >= 4 is 11.9 Å². The molecule has 5 nitrogen and oxygen atoms in total. The van der Waals surface area contributed by atoms with E-state index in [1.807, 2.05) is 0 Å². The second-order valence-electron chi connectivity index (χ2n) is 7.03. The number of hydrogen-bond acceptors (Lipinski definition) is 3. The quantitative estimate of drug-likeness (QED) is 0.817. The van der Waals surface area contributed by atoms with Gasteiger partial charge >= 0.3 is 5.97 Å². The molecule has 5 heteroatoms. The molecule has 2 atom stereocenters. The Bertz CT molecular complexity index is 403. The number of methoxy groups -OCH3 is 1. The zero-order chi connectivity index (χ0) is 15.6. The molecule has 1 heterocycles. The van der Waals surface area contributed by atoms with Crippen LogP contribution in [0.1, 0.15) is 52.4 Å². The predicted octanol–water partition coefficient (Wildman–Crippen LogP) is 2.29. The Morgan fingerprint density at radius 1 is 1.38 bits per heavy atom. The van der Waals surface area contributed by atoms with Crippen LogP contribution in [-0.2, 0) is 14.3 Å². The molecule has 1 saturated heterocycles. The molecule has 21 heavy (non-hydrogen) atoms. The van der Waals surface area contributed by atoms with E-state index in [9.17, 15) is 9.59 Å². The fraction of sp³-hybridized carbons (Fsp3) is 0.875. The van der Waals surface area contributed by atoms with Gasteiger partial charge in [0, 0.05) is 25.1 Å². The van der Waals surface area contributed by atoms with Crippen molar-refractivity contribution in [1.82, 2.24) is 4.90 Å². The third-order valence-electron chi connectivity index (χ3n) is 4.94. The maximum atomic E-state index is 13.0. The van der Waals surface area contributed by atoms with Crippen molar-refractivity contribution in [2.45, 2.75) is 64.5 Å². The summed E-state index contributed by atoms with van der Waals surface area (Å²) in [5, 5.41) is 9.07. The van der Waals surface area contributed by atoms with E-state index in [1.54, 1.807) is 12.0 Å². The fourth-order valence-electron chi connectivity index (χ4n) is 3.88. The summed E-state index contributed by atoms with van der Waals surface area (Å²) < 4.78 is 5.36.